The molecule has 26 heavy (non-hydrogen) atoms. The quantitative estimate of drug-likeness (QED) is 0.768. The van der Waals surface area contributed by atoms with Crippen molar-refractivity contribution in [3.05, 3.63) is 30.1 Å². The lowest BCUT2D eigenvalue weighted by Gasteiger charge is -2.31. The van der Waals surface area contributed by atoms with E-state index in [2.05, 4.69) is 5.32 Å². The number of rotatable bonds is 6. The van der Waals surface area contributed by atoms with Gasteiger partial charge in [0.2, 0.25) is 15.9 Å². The molecule has 1 aromatic rings. The Morgan fingerprint density at radius 1 is 1.27 bits per heavy atom. The van der Waals surface area contributed by atoms with E-state index in [9.17, 15) is 17.6 Å². The third kappa shape index (κ3) is 4.59. The molecule has 7 nitrogen and oxygen atoms in total. The number of piperazine rings is 1. The first-order valence-corrected chi connectivity index (χ1v) is 10.3. The topological polar surface area (TPSA) is 79.0 Å². The van der Waals surface area contributed by atoms with Crippen molar-refractivity contribution in [1.82, 2.24) is 14.5 Å². The van der Waals surface area contributed by atoms with Crippen LogP contribution in [0.5, 0.6) is 0 Å². The number of nitrogens with one attached hydrogen (secondary N) is 1. The van der Waals surface area contributed by atoms with Crippen LogP contribution in [0.15, 0.2) is 29.2 Å². The highest BCUT2D eigenvalue weighted by Crippen LogP contribution is 2.20. The highest BCUT2D eigenvalue weighted by molar-refractivity contribution is 7.89. The smallest absolute Gasteiger partial charge is 0.243 e. The van der Waals surface area contributed by atoms with Crippen molar-refractivity contribution >= 4 is 15.9 Å². The molecule has 144 valence electrons. The zero-order valence-electron chi connectivity index (χ0n) is 14.6. The number of benzene rings is 1. The molecule has 2 fully saturated rings. The van der Waals surface area contributed by atoms with Gasteiger partial charge < -0.3 is 15.0 Å². The van der Waals surface area contributed by atoms with Gasteiger partial charge in [0.15, 0.2) is 0 Å². The van der Waals surface area contributed by atoms with Gasteiger partial charge in [-0.05, 0) is 37.1 Å². The lowest BCUT2D eigenvalue weighted by atomic mass is 10.2. The first kappa shape index (κ1) is 19.2. The molecule has 1 amide bonds. The Kier molecular flexibility index (Phi) is 6.23. The van der Waals surface area contributed by atoms with Gasteiger partial charge in [-0.15, -0.1) is 0 Å². The normalized spacial score (nSPS) is 21.3. The number of carbonyl (C=O) groups excluding carboxylic acids is 1. The van der Waals surface area contributed by atoms with Gasteiger partial charge in [0.1, 0.15) is 5.82 Å². The van der Waals surface area contributed by atoms with Crippen LogP contribution in [-0.2, 0) is 19.6 Å². The molecule has 1 unspecified atom stereocenters. The Hall–Kier alpha value is -1.55. The maximum atomic E-state index is 13.2. The molecule has 0 radical (unpaired) electrons. The van der Waals surface area contributed by atoms with Crippen LogP contribution in [0, 0.1) is 5.82 Å². The van der Waals surface area contributed by atoms with E-state index in [1.54, 1.807) is 4.90 Å². The molecule has 0 bridgehead atoms. The molecule has 3 rings (SSSR count). The fourth-order valence-corrected chi connectivity index (χ4v) is 4.60. The highest BCUT2D eigenvalue weighted by atomic mass is 32.2. The highest BCUT2D eigenvalue weighted by Gasteiger charge is 2.32. The Balaban J connectivity index is 1.79. The molecule has 9 heteroatoms. The molecule has 2 heterocycles. The van der Waals surface area contributed by atoms with Crippen LogP contribution in [0.25, 0.3) is 0 Å². The summed E-state index contributed by atoms with van der Waals surface area (Å²) >= 11 is 0. The molecule has 0 aliphatic carbocycles. The van der Waals surface area contributed by atoms with E-state index in [0.717, 1.165) is 25.0 Å². The Morgan fingerprint density at radius 3 is 2.58 bits per heavy atom. The fourth-order valence-electron chi connectivity index (χ4n) is 3.18. The number of hydrogen-bond donors (Lipinski definition) is 1. The third-order valence-corrected chi connectivity index (χ3v) is 6.49. The molecule has 0 saturated carbocycles. The second-order valence-electron chi connectivity index (χ2n) is 6.52. The monoisotopic (exact) mass is 385 g/mol. The molecule has 2 aliphatic rings. The summed E-state index contributed by atoms with van der Waals surface area (Å²) in [5, 5.41) is 3.16. The number of carbonyl (C=O) groups is 1. The van der Waals surface area contributed by atoms with Crippen LogP contribution in [0.1, 0.15) is 12.8 Å². The fraction of sp³-hybridized carbons (Fsp3) is 0.588. The van der Waals surface area contributed by atoms with Gasteiger partial charge >= 0.3 is 0 Å². The molecule has 2 saturated heterocycles. The lowest BCUT2D eigenvalue weighted by Crippen LogP contribution is -2.51. The van der Waals surface area contributed by atoms with Gasteiger partial charge in [0.05, 0.1) is 17.5 Å². The summed E-state index contributed by atoms with van der Waals surface area (Å²) in [6.07, 6.45) is 1.42. The van der Waals surface area contributed by atoms with Crippen molar-refractivity contribution in [2.24, 2.45) is 0 Å². The number of amides is 1. The predicted octanol–water partition coefficient (Wildman–Crippen LogP) is 0.427. The first-order valence-electron chi connectivity index (χ1n) is 8.82. The standard InChI is InChI=1S/C17H24FN3O4S/c18-14-3-5-16(6-4-14)26(23,24)21(12-15-2-1-11-25-15)13-17(22)20-9-7-19-8-10-20/h3-6,15,19H,1-2,7-13H2. The van der Waals surface area contributed by atoms with Crippen molar-refractivity contribution in [3.8, 4) is 0 Å². The maximum Gasteiger partial charge on any atom is 0.243 e. The van der Waals surface area contributed by atoms with E-state index in [4.69, 9.17) is 4.74 Å². The van der Waals surface area contributed by atoms with E-state index in [1.165, 1.54) is 16.4 Å². The molecular weight excluding hydrogens is 361 g/mol. The lowest BCUT2D eigenvalue weighted by molar-refractivity contribution is -0.132. The van der Waals surface area contributed by atoms with E-state index in [1.807, 2.05) is 0 Å². The zero-order chi connectivity index (χ0) is 18.6. The summed E-state index contributed by atoms with van der Waals surface area (Å²) in [5.74, 6) is -0.735. The second-order valence-corrected chi connectivity index (χ2v) is 8.46. The molecule has 1 aromatic carbocycles. The van der Waals surface area contributed by atoms with Gasteiger partial charge in [0, 0.05) is 39.3 Å². The number of hydrogen-bond acceptors (Lipinski definition) is 5. The van der Waals surface area contributed by atoms with Crippen molar-refractivity contribution in [1.29, 1.82) is 0 Å². The minimum absolute atomic E-state index is 0.0231. The molecule has 1 atom stereocenters. The van der Waals surface area contributed by atoms with Gasteiger partial charge in [-0.1, -0.05) is 0 Å². The van der Waals surface area contributed by atoms with Crippen LogP contribution in [0.2, 0.25) is 0 Å². The Bertz CT molecular complexity index is 714. The minimum atomic E-state index is -3.92. The molecule has 1 N–H and O–H groups in total. The second kappa shape index (κ2) is 8.43. The predicted molar refractivity (Wildman–Crippen MR) is 93.6 cm³/mol. The summed E-state index contributed by atoms with van der Waals surface area (Å²) in [5.41, 5.74) is 0. The first-order chi connectivity index (χ1) is 12.5. The summed E-state index contributed by atoms with van der Waals surface area (Å²) < 4.78 is 45.9. The summed E-state index contributed by atoms with van der Waals surface area (Å²) in [6.45, 7) is 2.99. The number of sulfonamides is 1. The average molecular weight is 385 g/mol. The number of nitrogens with zero attached hydrogens (tertiary/aromatic N) is 2. The van der Waals surface area contributed by atoms with Crippen LogP contribution in [-0.4, -0.2) is 75.5 Å². The van der Waals surface area contributed by atoms with Crippen molar-refractivity contribution in [2.45, 2.75) is 23.8 Å². The third-order valence-electron chi connectivity index (χ3n) is 4.66. The van der Waals surface area contributed by atoms with E-state index >= 15 is 0 Å². The van der Waals surface area contributed by atoms with Crippen molar-refractivity contribution in [2.75, 3.05) is 45.9 Å². The molecule has 0 spiro atoms. The van der Waals surface area contributed by atoms with Gasteiger partial charge in [-0.2, -0.15) is 4.31 Å². The van der Waals surface area contributed by atoms with Gasteiger partial charge in [-0.3, -0.25) is 4.79 Å². The maximum absolute atomic E-state index is 13.2. The van der Waals surface area contributed by atoms with Crippen molar-refractivity contribution < 1.29 is 22.3 Å². The molecule has 2 aliphatic heterocycles. The van der Waals surface area contributed by atoms with E-state index < -0.39 is 15.8 Å². The summed E-state index contributed by atoms with van der Waals surface area (Å²) in [7, 11) is -3.92. The Labute approximate surface area is 153 Å². The Morgan fingerprint density at radius 2 is 1.96 bits per heavy atom. The van der Waals surface area contributed by atoms with Crippen LogP contribution in [0.4, 0.5) is 4.39 Å². The number of ether oxygens (including phenoxy) is 1. The summed E-state index contributed by atoms with van der Waals surface area (Å²) in [4.78, 5) is 14.2. The minimum Gasteiger partial charge on any atom is -0.377 e. The van der Waals surface area contributed by atoms with E-state index in [0.29, 0.717) is 32.8 Å². The SMILES string of the molecule is O=C(CN(CC1CCCO1)S(=O)(=O)c1ccc(F)cc1)N1CCNCC1. The van der Waals surface area contributed by atoms with Crippen LogP contribution < -0.4 is 5.32 Å². The van der Waals surface area contributed by atoms with Crippen LogP contribution in [0.3, 0.4) is 0 Å². The van der Waals surface area contributed by atoms with Crippen molar-refractivity contribution in [3.63, 3.8) is 0 Å². The van der Waals surface area contributed by atoms with Crippen LogP contribution >= 0.6 is 0 Å². The summed E-state index contributed by atoms with van der Waals surface area (Å²) in [6, 6.07) is 4.66. The van der Waals surface area contributed by atoms with E-state index in [-0.39, 0.29) is 30.0 Å². The zero-order valence-corrected chi connectivity index (χ0v) is 15.4. The number of halogens is 1. The average Bonchev–Trinajstić information content (AvgIpc) is 3.15. The molecule has 0 aromatic heterocycles. The largest absolute Gasteiger partial charge is 0.377 e. The van der Waals surface area contributed by atoms with Gasteiger partial charge in [-0.25, -0.2) is 12.8 Å². The van der Waals surface area contributed by atoms with Gasteiger partial charge in [0.25, 0.3) is 0 Å². The molecular formula is C17H24FN3O4S.